The summed E-state index contributed by atoms with van der Waals surface area (Å²) in [6.07, 6.45) is 0.921. The van der Waals surface area contributed by atoms with Gasteiger partial charge in [0.15, 0.2) is 11.5 Å². The zero-order valence-electron chi connectivity index (χ0n) is 19.3. The molecule has 0 unspecified atom stereocenters. The van der Waals surface area contributed by atoms with Crippen molar-refractivity contribution in [1.29, 1.82) is 0 Å². The average Bonchev–Trinajstić information content (AvgIpc) is 3.26. The zero-order chi connectivity index (χ0) is 24.0. The van der Waals surface area contributed by atoms with Gasteiger partial charge >= 0.3 is 5.97 Å². The minimum Gasteiger partial charge on any atom is -0.493 e. The maximum Gasteiger partial charge on any atom is 0.341 e. The van der Waals surface area contributed by atoms with Gasteiger partial charge in [-0.2, -0.15) is 0 Å². The summed E-state index contributed by atoms with van der Waals surface area (Å²) >= 11 is 1.27. The first-order valence-corrected chi connectivity index (χ1v) is 11.3. The molecule has 7 nitrogen and oxygen atoms in total. The van der Waals surface area contributed by atoms with E-state index in [2.05, 4.69) is 12.2 Å². The number of methoxy groups -OCH3 is 3. The second-order valence-electron chi connectivity index (χ2n) is 6.99. The maximum absolute atomic E-state index is 13.1. The van der Waals surface area contributed by atoms with E-state index in [4.69, 9.17) is 18.9 Å². The molecule has 174 valence electrons. The van der Waals surface area contributed by atoms with Crippen LogP contribution < -0.4 is 19.5 Å². The monoisotopic (exact) mass is 469 g/mol. The van der Waals surface area contributed by atoms with E-state index in [0.717, 1.165) is 12.0 Å². The van der Waals surface area contributed by atoms with Gasteiger partial charge in [-0.15, -0.1) is 11.3 Å². The van der Waals surface area contributed by atoms with Crippen molar-refractivity contribution in [2.75, 3.05) is 33.3 Å². The highest BCUT2D eigenvalue weighted by Crippen LogP contribution is 2.40. The van der Waals surface area contributed by atoms with Gasteiger partial charge in [0, 0.05) is 16.5 Å². The minimum atomic E-state index is -0.492. The SMILES string of the molecule is CCOC(=O)c1c(-c2ccc(CC)cc2)csc1NC(=O)c1cc(OC)c(OC)c(OC)c1. The standard InChI is InChI=1S/C25H27NO6S/c1-6-15-8-10-16(11-9-15)18-14-33-24(21(18)25(28)32-7-2)26-23(27)17-12-19(29-3)22(31-5)20(13-17)30-4/h8-14H,6-7H2,1-5H3,(H,26,27). The Morgan fingerprint density at radius 2 is 1.58 bits per heavy atom. The predicted molar refractivity (Wildman–Crippen MR) is 129 cm³/mol. The second-order valence-corrected chi connectivity index (χ2v) is 7.87. The molecule has 1 N–H and O–H groups in total. The van der Waals surface area contributed by atoms with Crippen LogP contribution in [0.25, 0.3) is 11.1 Å². The number of hydrogen-bond acceptors (Lipinski definition) is 7. The molecule has 0 aliphatic rings. The number of ether oxygens (including phenoxy) is 4. The molecule has 0 bridgehead atoms. The molecule has 1 amide bonds. The third-order valence-corrected chi connectivity index (χ3v) is 5.99. The number of benzene rings is 2. The van der Waals surface area contributed by atoms with Crippen LogP contribution in [0.1, 0.15) is 40.1 Å². The summed E-state index contributed by atoms with van der Waals surface area (Å²) in [4.78, 5) is 25.9. The molecule has 3 aromatic rings. The van der Waals surface area contributed by atoms with Crippen molar-refractivity contribution in [3.05, 3.63) is 58.5 Å². The van der Waals surface area contributed by atoms with Crippen LogP contribution in [0.2, 0.25) is 0 Å². The lowest BCUT2D eigenvalue weighted by Crippen LogP contribution is -2.15. The summed E-state index contributed by atoms with van der Waals surface area (Å²) in [7, 11) is 4.45. The van der Waals surface area contributed by atoms with Crippen LogP contribution in [0.3, 0.4) is 0 Å². The summed E-state index contributed by atoms with van der Waals surface area (Å²) in [6.45, 7) is 4.05. The number of amides is 1. The molecule has 1 aromatic heterocycles. The number of carbonyl (C=O) groups excluding carboxylic acids is 2. The molecule has 8 heteroatoms. The van der Waals surface area contributed by atoms with Gasteiger partial charge in [-0.1, -0.05) is 31.2 Å². The van der Waals surface area contributed by atoms with Gasteiger partial charge in [0.2, 0.25) is 5.75 Å². The van der Waals surface area contributed by atoms with Gasteiger partial charge in [-0.3, -0.25) is 4.79 Å². The van der Waals surface area contributed by atoms with Crippen molar-refractivity contribution < 1.29 is 28.5 Å². The molecule has 0 aliphatic heterocycles. The third kappa shape index (κ3) is 5.12. The van der Waals surface area contributed by atoms with E-state index >= 15 is 0 Å². The Hall–Kier alpha value is -3.52. The average molecular weight is 470 g/mol. The highest BCUT2D eigenvalue weighted by atomic mass is 32.1. The van der Waals surface area contributed by atoms with E-state index < -0.39 is 11.9 Å². The van der Waals surface area contributed by atoms with Crippen molar-refractivity contribution in [2.45, 2.75) is 20.3 Å². The molecule has 3 rings (SSSR count). The van der Waals surface area contributed by atoms with Crippen LogP contribution in [-0.2, 0) is 11.2 Å². The van der Waals surface area contributed by atoms with Crippen LogP contribution in [0.5, 0.6) is 17.2 Å². The van der Waals surface area contributed by atoms with Gasteiger partial charge in [0.1, 0.15) is 10.6 Å². The quantitative estimate of drug-likeness (QED) is 0.421. The summed E-state index contributed by atoms with van der Waals surface area (Å²) in [5.74, 6) is 0.187. The first-order chi connectivity index (χ1) is 16.0. The van der Waals surface area contributed by atoms with Crippen LogP contribution in [-0.4, -0.2) is 39.8 Å². The van der Waals surface area contributed by atoms with E-state index in [-0.39, 0.29) is 6.61 Å². The lowest BCUT2D eigenvalue weighted by molar-refractivity contribution is 0.0529. The molecule has 2 aromatic carbocycles. The topological polar surface area (TPSA) is 83.1 Å². The molecule has 1 heterocycles. The van der Waals surface area contributed by atoms with E-state index in [1.807, 2.05) is 29.6 Å². The predicted octanol–water partition coefficient (Wildman–Crippen LogP) is 5.43. The molecule has 0 radical (unpaired) electrons. The summed E-state index contributed by atoms with van der Waals surface area (Å²) in [5, 5.41) is 5.10. The first-order valence-electron chi connectivity index (χ1n) is 10.5. The van der Waals surface area contributed by atoms with Gasteiger partial charge in [-0.25, -0.2) is 4.79 Å². The summed E-state index contributed by atoms with van der Waals surface area (Å²) in [6, 6.07) is 11.1. The Kier molecular flexibility index (Phi) is 7.95. The largest absolute Gasteiger partial charge is 0.493 e. The Bertz CT molecular complexity index is 1110. The van der Waals surface area contributed by atoms with Gasteiger partial charge in [0.05, 0.1) is 27.9 Å². The number of hydrogen-bond donors (Lipinski definition) is 1. The Morgan fingerprint density at radius 1 is 0.939 bits per heavy atom. The smallest absolute Gasteiger partial charge is 0.341 e. The molecule has 0 aliphatic carbocycles. The van der Waals surface area contributed by atoms with Crippen LogP contribution >= 0.6 is 11.3 Å². The molecule has 0 saturated heterocycles. The highest BCUT2D eigenvalue weighted by molar-refractivity contribution is 7.15. The summed E-state index contributed by atoms with van der Waals surface area (Å²) < 4.78 is 21.3. The molecular formula is C25H27NO6S. The van der Waals surface area contributed by atoms with E-state index in [1.165, 1.54) is 38.2 Å². The number of rotatable bonds is 9. The molecule has 0 spiro atoms. The van der Waals surface area contributed by atoms with E-state index in [0.29, 0.717) is 38.9 Å². The fraction of sp³-hybridized carbons (Fsp3) is 0.280. The number of thiophene rings is 1. The maximum atomic E-state index is 13.1. The van der Waals surface area contributed by atoms with Gasteiger partial charge in [0.25, 0.3) is 5.91 Å². The van der Waals surface area contributed by atoms with Crippen LogP contribution in [0.15, 0.2) is 41.8 Å². The van der Waals surface area contributed by atoms with Gasteiger partial charge in [-0.05, 0) is 36.6 Å². The molecular weight excluding hydrogens is 442 g/mol. The van der Waals surface area contributed by atoms with E-state index in [1.54, 1.807) is 19.1 Å². The zero-order valence-corrected chi connectivity index (χ0v) is 20.1. The lowest BCUT2D eigenvalue weighted by Gasteiger charge is -2.14. The van der Waals surface area contributed by atoms with Gasteiger partial charge < -0.3 is 24.3 Å². The van der Waals surface area contributed by atoms with Crippen LogP contribution in [0.4, 0.5) is 5.00 Å². The number of anilines is 1. The van der Waals surface area contributed by atoms with Crippen molar-refractivity contribution in [3.63, 3.8) is 0 Å². The minimum absolute atomic E-state index is 0.225. The molecule has 33 heavy (non-hydrogen) atoms. The molecule has 0 saturated carbocycles. The van der Waals surface area contributed by atoms with Crippen molar-refractivity contribution in [3.8, 4) is 28.4 Å². The third-order valence-electron chi connectivity index (χ3n) is 5.10. The Morgan fingerprint density at radius 3 is 2.09 bits per heavy atom. The lowest BCUT2D eigenvalue weighted by atomic mass is 10.0. The fourth-order valence-electron chi connectivity index (χ4n) is 3.38. The molecule has 0 atom stereocenters. The van der Waals surface area contributed by atoms with Crippen molar-refractivity contribution in [2.24, 2.45) is 0 Å². The van der Waals surface area contributed by atoms with Crippen LogP contribution in [0, 0.1) is 0 Å². The Balaban J connectivity index is 2.00. The highest BCUT2D eigenvalue weighted by Gasteiger charge is 2.24. The van der Waals surface area contributed by atoms with Crippen molar-refractivity contribution in [1.82, 2.24) is 0 Å². The normalized spacial score (nSPS) is 10.5. The number of aryl methyl sites for hydroxylation is 1. The first kappa shape index (κ1) is 24.1. The number of esters is 1. The number of nitrogens with one attached hydrogen (secondary N) is 1. The van der Waals surface area contributed by atoms with Crippen molar-refractivity contribution >= 4 is 28.2 Å². The van der Waals surface area contributed by atoms with E-state index in [9.17, 15) is 9.59 Å². The summed E-state index contributed by atoms with van der Waals surface area (Å²) in [5.41, 5.74) is 3.40. The molecule has 0 fully saturated rings. The Labute approximate surface area is 197 Å². The second kappa shape index (κ2) is 10.9. The number of carbonyl (C=O) groups is 2. The fourth-order valence-corrected chi connectivity index (χ4v) is 4.33.